The summed E-state index contributed by atoms with van der Waals surface area (Å²) in [5.41, 5.74) is 4.84. The van der Waals surface area contributed by atoms with Gasteiger partial charge in [0.25, 0.3) is 0 Å². The van der Waals surface area contributed by atoms with Crippen LogP contribution < -0.4 is 10.6 Å². The molecule has 26 heavy (non-hydrogen) atoms. The van der Waals surface area contributed by atoms with Crippen molar-refractivity contribution in [3.8, 4) is 0 Å². The minimum absolute atomic E-state index is 0.0222. The van der Waals surface area contributed by atoms with Gasteiger partial charge in [-0.05, 0) is 45.4 Å². The molecule has 0 bridgehead atoms. The van der Waals surface area contributed by atoms with Gasteiger partial charge in [-0.3, -0.25) is 0 Å². The normalized spacial score (nSPS) is 20.4. The standard InChI is InChI=1S/C18H26F3N3O2/c1-18(2,3)26-17(25)23(4)16-10-24(9-14(16)21)15-8-12(19)11(5-6-22)7-13(15)20/h7-8,14,16H,5-6,9-10,22H2,1-4H3/t14-,16-/m1/s1. The van der Waals surface area contributed by atoms with E-state index in [0.29, 0.717) is 0 Å². The molecule has 0 saturated carbocycles. The first-order chi connectivity index (χ1) is 12.0. The Morgan fingerprint density at radius 3 is 2.54 bits per heavy atom. The molecule has 1 saturated heterocycles. The number of rotatable bonds is 4. The van der Waals surface area contributed by atoms with E-state index in [1.165, 1.54) is 16.8 Å². The zero-order chi connectivity index (χ0) is 19.6. The Kier molecular flexibility index (Phi) is 6.05. The number of carbonyl (C=O) groups excluding carboxylic acids is 1. The summed E-state index contributed by atoms with van der Waals surface area (Å²) in [6, 6.07) is 1.34. The number of nitrogens with zero attached hydrogens (tertiary/aromatic N) is 2. The van der Waals surface area contributed by atoms with Crippen molar-refractivity contribution in [3.63, 3.8) is 0 Å². The Labute approximate surface area is 151 Å². The molecular formula is C18H26F3N3O2. The van der Waals surface area contributed by atoms with E-state index in [0.717, 1.165) is 12.1 Å². The SMILES string of the molecule is CN(C(=O)OC(C)(C)C)[C@@H]1CN(c2cc(F)c(CCN)cc2F)C[C@H]1F. The Bertz CT molecular complexity index is 664. The van der Waals surface area contributed by atoms with Crippen molar-refractivity contribution in [1.29, 1.82) is 0 Å². The molecule has 8 heteroatoms. The van der Waals surface area contributed by atoms with Gasteiger partial charge in [-0.2, -0.15) is 0 Å². The van der Waals surface area contributed by atoms with E-state index in [4.69, 9.17) is 10.5 Å². The molecule has 5 nitrogen and oxygen atoms in total. The van der Waals surface area contributed by atoms with Gasteiger partial charge in [-0.15, -0.1) is 0 Å². The first-order valence-corrected chi connectivity index (χ1v) is 8.56. The monoisotopic (exact) mass is 373 g/mol. The predicted molar refractivity (Wildman–Crippen MR) is 94.0 cm³/mol. The van der Waals surface area contributed by atoms with Gasteiger partial charge >= 0.3 is 6.09 Å². The highest BCUT2D eigenvalue weighted by Gasteiger charge is 2.39. The molecule has 2 rings (SSSR count). The number of amides is 1. The van der Waals surface area contributed by atoms with Crippen molar-refractivity contribution in [3.05, 3.63) is 29.3 Å². The quantitative estimate of drug-likeness (QED) is 0.882. The van der Waals surface area contributed by atoms with Gasteiger partial charge in [0.05, 0.1) is 18.3 Å². The number of halogens is 3. The van der Waals surface area contributed by atoms with Crippen LogP contribution in [0, 0.1) is 11.6 Å². The molecule has 1 heterocycles. The highest BCUT2D eigenvalue weighted by atomic mass is 19.1. The molecule has 1 aromatic carbocycles. The number of anilines is 1. The maximum Gasteiger partial charge on any atom is 0.410 e. The van der Waals surface area contributed by atoms with E-state index in [-0.39, 0.29) is 37.3 Å². The molecule has 1 amide bonds. The van der Waals surface area contributed by atoms with E-state index in [2.05, 4.69) is 0 Å². The fraction of sp³-hybridized carbons (Fsp3) is 0.611. The van der Waals surface area contributed by atoms with Gasteiger partial charge in [-0.25, -0.2) is 18.0 Å². The Morgan fingerprint density at radius 1 is 1.31 bits per heavy atom. The molecule has 2 atom stereocenters. The second-order valence-corrected chi connectivity index (χ2v) is 7.51. The maximum atomic E-state index is 14.5. The average Bonchev–Trinajstić information content (AvgIpc) is 2.90. The smallest absolute Gasteiger partial charge is 0.410 e. The molecule has 1 aliphatic rings. The van der Waals surface area contributed by atoms with Crippen LogP contribution in [0.5, 0.6) is 0 Å². The largest absolute Gasteiger partial charge is 0.444 e. The number of ether oxygens (including phenoxy) is 1. The van der Waals surface area contributed by atoms with E-state index in [1.54, 1.807) is 20.8 Å². The van der Waals surface area contributed by atoms with Gasteiger partial charge < -0.3 is 20.3 Å². The maximum absolute atomic E-state index is 14.5. The topological polar surface area (TPSA) is 58.8 Å². The number of likely N-dealkylation sites (N-methyl/N-ethyl adjacent to an activating group) is 1. The summed E-state index contributed by atoms with van der Waals surface area (Å²) < 4.78 is 48.2. The second kappa shape index (κ2) is 7.73. The molecule has 146 valence electrons. The van der Waals surface area contributed by atoms with E-state index in [9.17, 15) is 18.0 Å². The summed E-state index contributed by atoms with van der Waals surface area (Å²) in [7, 11) is 1.44. The molecule has 0 radical (unpaired) electrons. The van der Waals surface area contributed by atoms with Gasteiger partial charge in [0, 0.05) is 19.7 Å². The van der Waals surface area contributed by atoms with Crippen molar-refractivity contribution in [2.24, 2.45) is 5.73 Å². The van der Waals surface area contributed by atoms with Crippen LogP contribution in [-0.4, -0.2) is 55.5 Å². The van der Waals surface area contributed by atoms with Crippen LogP contribution in [0.1, 0.15) is 26.3 Å². The zero-order valence-electron chi connectivity index (χ0n) is 15.6. The van der Waals surface area contributed by atoms with Crippen molar-refractivity contribution < 1.29 is 22.7 Å². The lowest BCUT2D eigenvalue weighted by atomic mass is 10.1. The van der Waals surface area contributed by atoms with Crippen molar-refractivity contribution in [2.45, 2.75) is 45.0 Å². The summed E-state index contributed by atoms with van der Waals surface area (Å²) in [6.45, 7) is 5.26. The number of carbonyl (C=O) groups is 1. The molecule has 2 N–H and O–H groups in total. The number of hydrogen-bond acceptors (Lipinski definition) is 4. The summed E-state index contributed by atoms with van der Waals surface area (Å²) in [6.07, 6.45) is -1.84. The molecule has 0 aromatic heterocycles. The van der Waals surface area contributed by atoms with Crippen LogP contribution in [0.15, 0.2) is 12.1 Å². The van der Waals surface area contributed by atoms with Gasteiger partial charge in [-0.1, -0.05) is 0 Å². The third-order valence-electron chi connectivity index (χ3n) is 4.27. The Morgan fingerprint density at radius 2 is 1.96 bits per heavy atom. The summed E-state index contributed by atoms with van der Waals surface area (Å²) in [5, 5.41) is 0. The molecule has 0 unspecified atom stereocenters. The lowest BCUT2D eigenvalue weighted by Crippen LogP contribution is -2.45. The summed E-state index contributed by atoms with van der Waals surface area (Å²) >= 11 is 0. The predicted octanol–water partition coefficient (Wildman–Crippen LogP) is 2.86. The van der Waals surface area contributed by atoms with Gasteiger partial charge in [0.1, 0.15) is 23.4 Å². The zero-order valence-corrected chi connectivity index (χ0v) is 15.6. The van der Waals surface area contributed by atoms with Crippen LogP contribution in [0.3, 0.4) is 0 Å². The fourth-order valence-corrected chi connectivity index (χ4v) is 2.94. The minimum Gasteiger partial charge on any atom is -0.444 e. The van der Waals surface area contributed by atoms with Crippen LogP contribution in [0.4, 0.5) is 23.7 Å². The van der Waals surface area contributed by atoms with Crippen molar-refractivity contribution >= 4 is 11.8 Å². The lowest BCUT2D eigenvalue weighted by Gasteiger charge is -2.29. The number of alkyl halides is 1. The molecule has 0 spiro atoms. The van der Waals surface area contributed by atoms with Crippen LogP contribution in [-0.2, 0) is 11.2 Å². The fourth-order valence-electron chi connectivity index (χ4n) is 2.94. The third-order valence-corrected chi connectivity index (χ3v) is 4.27. The van der Waals surface area contributed by atoms with Gasteiger partial charge in [0.2, 0.25) is 0 Å². The van der Waals surface area contributed by atoms with E-state index in [1.807, 2.05) is 0 Å². The molecule has 1 aliphatic heterocycles. The first kappa shape index (κ1) is 20.4. The second-order valence-electron chi connectivity index (χ2n) is 7.51. The molecule has 1 aromatic rings. The highest BCUT2D eigenvalue weighted by molar-refractivity contribution is 5.68. The molecular weight excluding hydrogens is 347 g/mol. The Hall–Kier alpha value is -1.96. The minimum atomic E-state index is -1.40. The molecule has 1 fully saturated rings. The first-order valence-electron chi connectivity index (χ1n) is 8.56. The number of nitrogens with two attached hydrogens (primary N) is 1. The summed E-state index contributed by atoms with van der Waals surface area (Å²) in [4.78, 5) is 14.7. The van der Waals surface area contributed by atoms with Crippen molar-refractivity contribution in [2.75, 3.05) is 31.6 Å². The lowest BCUT2D eigenvalue weighted by molar-refractivity contribution is 0.0183. The van der Waals surface area contributed by atoms with E-state index >= 15 is 0 Å². The van der Waals surface area contributed by atoms with E-state index < -0.39 is 35.5 Å². The van der Waals surface area contributed by atoms with Crippen LogP contribution in [0.25, 0.3) is 0 Å². The highest BCUT2D eigenvalue weighted by Crippen LogP contribution is 2.29. The third kappa shape index (κ3) is 4.60. The Balaban J connectivity index is 2.15. The van der Waals surface area contributed by atoms with Crippen LogP contribution in [0.2, 0.25) is 0 Å². The van der Waals surface area contributed by atoms with Gasteiger partial charge in [0.15, 0.2) is 0 Å². The van der Waals surface area contributed by atoms with Crippen LogP contribution >= 0.6 is 0 Å². The number of benzene rings is 1. The van der Waals surface area contributed by atoms with Crippen molar-refractivity contribution in [1.82, 2.24) is 4.90 Å². The molecule has 0 aliphatic carbocycles. The number of hydrogen-bond donors (Lipinski definition) is 1. The summed E-state index contributed by atoms with van der Waals surface area (Å²) in [5.74, 6) is -1.21. The average molecular weight is 373 g/mol.